The predicted molar refractivity (Wildman–Crippen MR) is 166 cm³/mol. The van der Waals surface area contributed by atoms with Gasteiger partial charge in [0.15, 0.2) is 5.78 Å². The molecule has 5 heteroatoms. The SMILES string of the molecule is CC1(C)c2ccccc2-c2ccc(C(=O)C3CC4COCC(C3)N4C(=O)OCC3c4ccccc4-c4ccccc43)cc21. The Balaban J connectivity index is 0.989. The molecule has 4 aromatic carbocycles. The van der Waals surface area contributed by atoms with Gasteiger partial charge in [-0.25, -0.2) is 4.79 Å². The number of carbonyl (C=O) groups excluding carboxylic acids is 2. The molecule has 2 heterocycles. The van der Waals surface area contributed by atoms with Crippen LogP contribution in [0.5, 0.6) is 0 Å². The van der Waals surface area contributed by atoms with Gasteiger partial charge in [0.2, 0.25) is 0 Å². The number of nitrogens with zero attached hydrogens (tertiary/aromatic N) is 1. The maximum absolute atomic E-state index is 13.9. The number of morpholine rings is 1. The predicted octanol–water partition coefficient (Wildman–Crippen LogP) is 7.60. The standard InChI is InChI=1S/C38H35NO4/c1-38(2)34-14-8-7-13-31(34)32-16-15-23(19-35(32)38)36(40)24-17-25-20-42-21-26(18-24)39(25)37(41)43-22-33-29-11-5-3-9-27(29)28-10-4-6-12-30(28)33/h3-16,19,24-26,33H,17-18,20-22H2,1-2H3. The molecule has 0 aromatic heterocycles. The topological polar surface area (TPSA) is 55.8 Å². The third-order valence-electron chi connectivity index (χ3n) is 10.3. The van der Waals surface area contributed by atoms with Crippen molar-refractivity contribution in [2.75, 3.05) is 19.8 Å². The molecule has 8 rings (SSSR count). The van der Waals surface area contributed by atoms with Crippen molar-refractivity contribution in [1.82, 2.24) is 4.90 Å². The third-order valence-corrected chi connectivity index (χ3v) is 10.3. The average molecular weight is 570 g/mol. The number of ketones is 1. The van der Waals surface area contributed by atoms with Gasteiger partial charge in [-0.1, -0.05) is 98.8 Å². The Morgan fingerprint density at radius 1 is 0.767 bits per heavy atom. The summed E-state index contributed by atoms with van der Waals surface area (Å²) in [6.07, 6.45) is 0.864. The molecule has 1 amide bonds. The second kappa shape index (κ2) is 9.92. The number of ether oxygens (including phenoxy) is 2. The Morgan fingerprint density at radius 2 is 1.35 bits per heavy atom. The molecule has 216 valence electrons. The lowest BCUT2D eigenvalue weighted by molar-refractivity contribution is -0.0747. The molecule has 0 saturated carbocycles. The second-order valence-corrected chi connectivity index (χ2v) is 13.0. The van der Waals surface area contributed by atoms with Crippen LogP contribution in [-0.2, 0) is 14.9 Å². The van der Waals surface area contributed by atoms with Crippen LogP contribution in [0.4, 0.5) is 4.79 Å². The molecular weight excluding hydrogens is 534 g/mol. The lowest BCUT2D eigenvalue weighted by Gasteiger charge is -2.47. The van der Waals surface area contributed by atoms with E-state index in [0.29, 0.717) is 32.7 Å². The van der Waals surface area contributed by atoms with Crippen molar-refractivity contribution >= 4 is 11.9 Å². The number of piperidine rings is 1. The summed E-state index contributed by atoms with van der Waals surface area (Å²) in [6.45, 7) is 5.62. The number of amides is 1. The highest BCUT2D eigenvalue weighted by Gasteiger charge is 2.45. The van der Waals surface area contributed by atoms with Gasteiger partial charge in [-0.05, 0) is 63.4 Å². The molecule has 2 aliphatic carbocycles. The summed E-state index contributed by atoms with van der Waals surface area (Å²) >= 11 is 0. The first-order valence-corrected chi connectivity index (χ1v) is 15.4. The summed E-state index contributed by atoms with van der Waals surface area (Å²) in [4.78, 5) is 29.4. The summed E-state index contributed by atoms with van der Waals surface area (Å²) in [5, 5.41) is 0. The molecule has 2 unspecified atom stereocenters. The highest BCUT2D eigenvalue weighted by Crippen LogP contribution is 2.49. The molecule has 2 saturated heterocycles. The smallest absolute Gasteiger partial charge is 0.410 e. The van der Waals surface area contributed by atoms with E-state index in [1.54, 1.807) is 0 Å². The summed E-state index contributed by atoms with van der Waals surface area (Å²) in [5.74, 6) is 0.0295. The number of carbonyl (C=O) groups is 2. The van der Waals surface area contributed by atoms with E-state index in [1.165, 1.54) is 44.5 Å². The van der Waals surface area contributed by atoms with Gasteiger partial charge >= 0.3 is 6.09 Å². The highest BCUT2D eigenvalue weighted by atomic mass is 16.6. The molecule has 2 aliphatic heterocycles. The molecule has 0 radical (unpaired) electrons. The Bertz CT molecular complexity index is 1710. The second-order valence-electron chi connectivity index (χ2n) is 13.0. The zero-order valence-corrected chi connectivity index (χ0v) is 24.6. The summed E-state index contributed by atoms with van der Waals surface area (Å²) in [5.41, 5.74) is 10.4. The van der Waals surface area contributed by atoms with Crippen LogP contribution in [-0.4, -0.2) is 48.7 Å². The van der Waals surface area contributed by atoms with E-state index in [1.807, 2.05) is 23.1 Å². The number of hydrogen-bond donors (Lipinski definition) is 0. The fraction of sp³-hybridized carbons (Fsp3) is 0.316. The van der Waals surface area contributed by atoms with Crippen molar-refractivity contribution in [3.8, 4) is 22.3 Å². The van der Waals surface area contributed by atoms with Crippen LogP contribution < -0.4 is 0 Å². The van der Waals surface area contributed by atoms with Crippen LogP contribution in [0.1, 0.15) is 65.2 Å². The van der Waals surface area contributed by atoms with Gasteiger partial charge in [-0.15, -0.1) is 0 Å². The lowest BCUT2D eigenvalue weighted by Crippen LogP contribution is -2.60. The third kappa shape index (κ3) is 4.09. The van der Waals surface area contributed by atoms with E-state index >= 15 is 0 Å². The van der Waals surface area contributed by atoms with Gasteiger partial charge in [0.05, 0.1) is 25.3 Å². The van der Waals surface area contributed by atoms with Gasteiger partial charge in [0.25, 0.3) is 0 Å². The Labute approximate surface area is 252 Å². The largest absolute Gasteiger partial charge is 0.448 e. The van der Waals surface area contributed by atoms with Gasteiger partial charge in [-0.2, -0.15) is 0 Å². The molecule has 0 spiro atoms. The van der Waals surface area contributed by atoms with E-state index in [0.717, 1.165) is 5.56 Å². The van der Waals surface area contributed by atoms with Crippen molar-refractivity contribution in [3.63, 3.8) is 0 Å². The maximum Gasteiger partial charge on any atom is 0.410 e. The molecular formula is C38H35NO4. The number of Topliss-reactive ketones (excluding diaryl/α,β-unsaturated/α-hetero) is 1. The zero-order valence-electron chi connectivity index (χ0n) is 24.6. The summed E-state index contributed by atoms with van der Waals surface area (Å²) in [7, 11) is 0. The van der Waals surface area contributed by atoms with Crippen molar-refractivity contribution in [3.05, 3.63) is 119 Å². The Morgan fingerprint density at radius 3 is 2.02 bits per heavy atom. The van der Waals surface area contributed by atoms with Gasteiger partial charge in [0.1, 0.15) is 6.61 Å². The van der Waals surface area contributed by atoms with Crippen LogP contribution in [0, 0.1) is 5.92 Å². The van der Waals surface area contributed by atoms with E-state index in [-0.39, 0.29) is 41.2 Å². The van der Waals surface area contributed by atoms with Crippen molar-refractivity contribution < 1.29 is 19.1 Å². The summed E-state index contributed by atoms with van der Waals surface area (Å²) in [6, 6.07) is 31.1. The van der Waals surface area contributed by atoms with Crippen LogP contribution in [0.3, 0.4) is 0 Å². The average Bonchev–Trinajstić information content (AvgIpc) is 3.47. The molecule has 4 aromatic rings. The monoisotopic (exact) mass is 569 g/mol. The maximum atomic E-state index is 13.9. The minimum absolute atomic E-state index is 0.0155. The Kier molecular flexibility index (Phi) is 6.09. The van der Waals surface area contributed by atoms with E-state index in [4.69, 9.17) is 9.47 Å². The normalized spacial score (nSPS) is 22.7. The molecule has 2 atom stereocenters. The minimum atomic E-state index is -0.303. The minimum Gasteiger partial charge on any atom is -0.448 e. The number of benzene rings is 4. The first-order valence-electron chi connectivity index (χ1n) is 15.4. The van der Waals surface area contributed by atoms with Crippen molar-refractivity contribution in [2.45, 2.75) is 50.1 Å². The van der Waals surface area contributed by atoms with Crippen LogP contribution >= 0.6 is 0 Å². The molecule has 0 N–H and O–H groups in total. The van der Waals surface area contributed by atoms with Gasteiger partial charge in [0, 0.05) is 22.8 Å². The quantitative estimate of drug-likeness (QED) is 0.238. The number of rotatable bonds is 4. The van der Waals surface area contributed by atoms with Crippen molar-refractivity contribution in [2.24, 2.45) is 5.92 Å². The highest BCUT2D eigenvalue weighted by molar-refractivity contribution is 5.99. The van der Waals surface area contributed by atoms with E-state index in [9.17, 15) is 9.59 Å². The molecule has 5 nitrogen and oxygen atoms in total. The van der Waals surface area contributed by atoms with Gasteiger partial charge in [-0.3, -0.25) is 9.69 Å². The summed E-state index contributed by atoms with van der Waals surface area (Å²) < 4.78 is 11.9. The number of hydrogen-bond acceptors (Lipinski definition) is 4. The lowest BCUT2D eigenvalue weighted by atomic mass is 9.78. The van der Waals surface area contributed by atoms with Crippen molar-refractivity contribution in [1.29, 1.82) is 0 Å². The fourth-order valence-corrected chi connectivity index (χ4v) is 8.19. The van der Waals surface area contributed by atoms with E-state index in [2.05, 4.69) is 86.6 Å². The van der Waals surface area contributed by atoms with Crippen LogP contribution in [0.2, 0.25) is 0 Å². The first kappa shape index (κ1) is 26.4. The molecule has 4 aliphatic rings. The van der Waals surface area contributed by atoms with Gasteiger partial charge < -0.3 is 9.47 Å². The van der Waals surface area contributed by atoms with Crippen LogP contribution in [0.15, 0.2) is 91.0 Å². The van der Waals surface area contributed by atoms with E-state index < -0.39 is 0 Å². The zero-order chi connectivity index (χ0) is 29.3. The Hall–Kier alpha value is -4.22. The molecule has 2 fully saturated rings. The van der Waals surface area contributed by atoms with Crippen LogP contribution in [0.25, 0.3) is 22.3 Å². The molecule has 43 heavy (non-hydrogen) atoms. The fourth-order valence-electron chi connectivity index (χ4n) is 8.19. The first-order chi connectivity index (χ1) is 20.9. The number of fused-ring (bicyclic) bond motifs is 8. The molecule has 2 bridgehead atoms.